The highest BCUT2D eigenvalue weighted by Crippen LogP contribution is 2.36. The van der Waals surface area contributed by atoms with Gasteiger partial charge in [-0.25, -0.2) is 13.2 Å². The van der Waals surface area contributed by atoms with E-state index in [1.807, 2.05) is 34.6 Å². The molecule has 0 bridgehead atoms. The summed E-state index contributed by atoms with van der Waals surface area (Å²) in [7, 11) is -3.56. The monoisotopic (exact) mass is 721 g/mol. The summed E-state index contributed by atoms with van der Waals surface area (Å²) in [4.78, 5) is 69.8. The average Bonchev–Trinajstić information content (AvgIpc) is 3.94. The molecule has 3 aliphatic carbocycles. The minimum absolute atomic E-state index is 0.0101. The van der Waals surface area contributed by atoms with Crippen LogP contribution in [0.25, 0.3) is 0 Å². The number of nitrogens with zero attached hydrogens (tertiary/aromatic N) is 1. The van der Waals surface area contributed by atoms with Crippen LogP contribution in [0.4, 0.5) is 4.79 Å². The zero-order chi connectivity index (χ0) is 37.2. The quantitative estimate of drug-likeness (QED) is 0.196. The highest BCUT2D eigenvalue weighted by molar-refractivity contribution is 7.92. The van der Waals surface area contributed by atoms with E-state index >= 15 is 0 Å². The zero-order valence-electron chi connectivity index (χ0n) is 31.7. The van der Waals surface area contributed by atoms with Crippen LogP contribution < -0.4 is 21.3 Å². The number of sulfone groups is 1. The van der Waals surface area contributed by atoms with E-state index in [0.29, 0.717) is 38.1 Å². The molecule has 3 saturated carbocycles. The van der Waals surface area contributed by atoms with Crippen molar-refractivity contribution >= 4 is 39.4 Å². The number of hydrogen-bond donors (Lipinski definition) is 4. The Bertz CT molecular complexity index is 1390. The number of carbonyl (C=O) groups excluding carboxylic acids is 5. The third-order valence-electron chi connectivity index (χ3n) is 11.2. The summed E-state index contributed by atoms with van der Waals surface area (Å²) in [6.07, 6.45) is 8.89. The summed E-state index contributed by atoms with van der Waals surface area (Å²) in [5.74, 6) is -1.73. The number of likely N-dealkylation sites (tertiary alicyclic amines) is 1. The molecule has 4 atom stereocenters. The van der Waals surface area contributed by atoms with E-state index in [0.717, 1.165) is 51.4 Å². The SMILES string of the molecule is CC(C)[C@@H]1C[C@@H](C(=O)NC(CCC2CC2)C(=O)C(=O)NC2CC2)N(C(=O)[C@@H](NC(=O)NC2(CS(=O)(=O)C(C)(C)C)CCCCC2)C(C)(C)C)C1. The van der Waals surface area contributed by atoms with Crippen molar-refractivity contribution in [3.63, 3.8) is 0 Å². The summed E-state index contributed by atoms with van der Waals surface area (Å²) < 4.78 is 25.7. The van der Waals surface area contributed by atoms with Gasteiger partial charge in [0, 0.05) is 12.6 Å². The molecule has 0 aromatic rings. The maximum atomic E-state index is 14.5. The molecule has 1 aliphatic heterocycles. The Kier molecular flexibility index (Phi) is 12.4. The molecule has 1 saturated heterocycles. The average molecular weight is 722 g/mol. The van der Waals surface area contributed by atoms with E-state index in [-0.39, 0.29) is 23.6 Å². The van der Waals surface area contributed by atoms with Gasteiger partial charge >= 0.3 is 6.03 Å². The van der Waals surface area contributed by atoms with Crippen molar-refractivity contribution in [3.05, 3.63) is 0 Å². The molecule has 5 amide bonds. The van der Waals surface area contributed by atoms with Gasteiger partial charge in [0.05, 0.1) is 22.1 Å². The molecule has 1 heterocycles. The van der Waals surface area contributed by atoms with E-state index in [1.54, 1.807) is 20.8 Å². The molecule has 0 aromatic heterocycles. The Hall–Kier alpha value is -2.70. The van der Waals surface area contributed by atoms with Crippen LogP contribution in [-0.4, -0.2) is 89.6 Å². The fourth-order valence-electron chi connectivity index (χ4n) is 7.17. The van der Waals surface area contributed by atoms with E-state index in [1.165, 1.54) is 4.90 Å². The number of hydrogen-bond acceptors (Lipinski definition) is 7. The maximum Gasteiger partial charge on any atom is 0.315 e. The van der Waals surface area contributed by atoms with Crippen molar-refractivity contribution in [2.24, 2.45) is 23.2 Å². The molecular weight excluding hydrogens is 659 g/mol. The Morgan fingerprint density at radius 3 is 2.02 bits per heavy atom. The normalized spacial score (nSPS) is 23.9. The van der Waals surface area contributed by atoms with E-state index < -0.39 is 73.2 Å². The lowest BCUT2D eigenvalue weighted by Gasteiger charge is -2.41. The van der Waals surface area contributed by atoms with Crippen LogP contribution in [0.1, 0.15) is 132 Å². The third-order valence-corrected chi connectivity index (χ3v) is 14.0. The first kappa shape index (κ1) is 40.1. The number of nitrogens with one attached hydrogen (secondary N) is 4. The molecule has 1 unspecified atom stereocenters. The number of urea groups is 1. The second-order valence-electron chi connectivity index (χ2n) is 18.1. The predicted molar refractivity (Wildman–Crippen MR) is 193 cm³/mol. The molecule has 4 rings (SSSR count). The third kappa shape index (κ3) is 10.4. The first-order valence-corrected chi connectivity index (χ1v) is 20.5. The number of ketones is 1. The van der Waals surface area contributed by atoms with Gasteiger partial charge < -0.3 is 26.2 Å². The van der Waals surface area contributed by atoms with Gasteiger partial charge in [-0.1, -0.05) is 66.7 Å². The molecule has 50 heavy (non-hydrogen) atoms. The predicted octanol–water partition coefficient (Wildman–Crippen LogP) is 4.01. The molecule has 12 nitrogen and oxygen atoms in total. The molecule has 4 aliphatic rings. The lowest BCUT2D eigenvalue weighted by molar-refractivity contribution is -0.144. The maximum absolute atomic E-state index is 14.5. The fraction of sp³-hybridized carbons (Fsp3) is 0.865. The Labute approximate surface area is 299 Å². The molecule has 4 N–H and O–H groups in total. The van der Waals surface area contributed by atoms with Crippen LogP contribution >= 0.6 is 0 Å². The van der Waals surface area contributed by atoms with Crippen molar-refractivity contribution in [2.45, 2.75) is 167 Å². The van der Waals surface area contributed by atoms with Gasteiger partial charge in [-0.15, -0.1) is 0 Å². The van der Waals surface area contributed by atoms with Crippen LogP contribution in [0.5, 0.6) is 0 Å². The standard InChI is InChI=1S/C37H63N5O7S/c1-23(2)25-20-28(31(44)39-27(17-14-24-12-13-24)29(43)32(45)38-26-15-16-26)42(21-25)33(46)30(35(3,4)5)40-34(47)41-37(18-10-9-11-19-37)22-50(48,49)36(6,7)8/h23-28,30H,9-22H2,1-8H3,(H,38,45)(H,39,44)(H2,40,41,47)/t25-,27?,28+,30-/m1/s1. The van der Waals surface area contributed by atoms with Crippen LogP contribution in [0.2, 0.25) is 0 Å². The van der Waals surface area contributed by atoms with Gasteiger partial charge in [0.15, 0.2) is 9.84 Å². The van der Waals surface area contributed by atoms with Gasteiger partial charge in [-0.2, -0.15) is 0 Å². The summed E-state index contributed by atoms with van der Waals surface area (Å²) >= 11 is 0. The number of rotatable bonds is 14. The number of carbonyl (C=O) groups is 5. The van der Waals surface area contributed by atoms with Gasteiger partial charge in [-0.05, 0) is 88.9 Å². The minimum Gasteiger partial charge on any atom is -0.347 e. The molecule has 4 fully saturated rings. The van der Waals surface area contributed by atoms with Crippen LogP contribution in [-0.2, 0) is 29.0 Å². The lowest BCUT2D eigenvalue weighted by Crippen LogP contribution is -2.63. The van der Waals surface area contributed by atoms with E-state index in [9.17, 15) is 32.4 Å². The van der Waals surface area contributed by atoms with Gasteiger partial charge in [0.25, 0.3) is 5.91 Å². The zero-order valence-corrected chi connectivity index (χ0v) is 32.5. The second kappa shape index (κ2) is 15.5. The molecule has 0 aromatic carbocycles. The molecule has 284 valence electrons. The first-order valence-electron chi connectivity index (χ1n) is 18.9. The Morgan fingerprint density at radius 2 is 1.50 bits per heavy atom. The lowest BCUT2D eigenvalue weighted by atomic mass is 9.83. The van der Waals surface area contributed by atoms with Crippen LogP contribution in [0, 0.1) is 23.2 Å². The van der Waals surface area contributed by atoms with Crippen molar-refractivity contribution in [1.29, 1.82) is 0 Å². The van der Waals surface area contributed by atoms with Gasteiger partial charge in [0.1, 0.15) is 12.1 Å². The van der Waals surface area contributed by atoms with Crippen molar-refractivity contribution in [1.82, 2.24) is 26.2 Å². The van der Waals surface area contributed by atoms with Gasteiger partial charge in [-0.3, -0.25) is 19.2 Å². The summed E-state index contributed by atoms with van der Waals surface area (Å²) in [6, 6.07) is -3.49. The summed E-state index contributed by atoms with van der Waals surface area (Å²) in [6.45, 7) is 14.9. The number of Topliss-reactive ketones (excluding diaryl/α,β-unsaturated/α-hetero) is 1. The second-order valence-corrected chi connectivity index (χ2v) is 20.8. The Morgan fingerprint density at radius 1 is 0.880 bits per heavy atom. The van der Waals surface area contributed by atoms with Crippen molar-refractivity contribution in [2.75, 3.05) is 12.3 Å². The van der Waals surface area contributed by atoms with Crippen molar-refractivity contribution in [3.8, 4) is 0 Å². The molecule has 13 heteroatoms. The highest BCUT2D eigenvalue weighted by atomic mass is 32.2. The summed E-state index contributed by atoms with van der Waals surface area (Å²) in [5.41, 5.74) is -1.71. The first-order chi connectivity index (χ1) is 23.1. The van der Waals surface area contributed by atoms with Crippen LogP contribution in [0.15, 0.2) is 0 Å². The largest absolute Gasteiger partial charge is 0.347 e. The molecule has 0 radical (unpaired) electrons. The highest BCUT2D eigenvalue weighted by Gasteiger charge is 2.48. The number of amides is 5. The Balaban J connectivity index is 1.53. The van der Waals surface area contributed by atoms with Crippen molar-refractivity contribution < 1.29 is 32.4 Å². The fourth-order valence-corrected chi connectivity index (χ4v) is 8.69. The summed E-state index contributed by atoms with van der Waals surface area (Å²) in [5, 5.41) is 11.5. The minimum atomic E-state index is -3.56. The molecular formula is C37H63N5O7S. The topological polar surface area (TPSA) is 171 Å². The van der Waals surface area contributed by atoms with Crippen LogP contribution in [0.3, 0.4) is 0 Å². The van der Waals surface area contributed by atoms with E-state index in [4.69, 9.17) is 0 Å². The van der Waals surface area contributed by atoms with E-state index in [2.05, 4.69) is 21.3 Å². The smallest absolute Gasteiger partial charge is 0.315 e. The molecule has 0 spiro atoms. The van der Waals surface area contributed by atoms with Gasteiger partial charge in [0.2, 0.25) is 17.6 Å².